The molecule has 0 saturated heterocycles. The number of fused-ring (bicyclic) bond motifs is 1. The van der Waals surface area contributed by atoms with Crippen molar-refractivity contribution in [1.82, 2.24) is 4.90 Å². The SMILES string of the molecule is CCN1CCc2c(sc(NC(=O)c3ccc(OC)c(OC)c3)c2C(N)=O)C1.Cl. The normalized spacial score (nSPS) is 13.2. The molecule has 0 unspecified atom stereocenters. The van der Waals surface area contributed by atoms with Gasteiger partial charge in [-0.2, -0.15) is 0 Å². The number of likely N-dealkylation sites (N-methyl/N-ethyl adjacent to an activating group) is 1. The molecular weight excluding hydrogens is 402 g/mol. The van der Waals surface area contributed by atoms with Crippen LogP contribution < -0.4 is 20.5 Å². The molecule has 3 N–H and O–H groups in total. The molecule has 1 aromatic heterocycles. The minimum absolute atomic E-state index is 0. The van der Waals surface area contributed by atoms with E-state index in [1.165, 1.54) is 25.6 Å². The summed E-state index contributed by atoms with van der Waals surface area (Å²) in [6.45, 7) is 4.69. The molecule has 0 atom stereocenters. The summed E-state index contributed by atoms with van der Waals surface area (Å²) in [5, 5.41) is 3.36. The van der Waals surface area contributed by atoms with Gasteiger partial charge in [0.1, 0.15) is 5.00 Å². The van der Waals surface area contributed by atoms with Crippen molar-refractivity contribution in [3.05, 3.63) is 39.8 Å². The fourth-order valence-corrected chi connectivity index (χ4v) is 4.52. The summed E-state index contributed by atoms with van der Waals surface area (Å²) in [7, 11) is 3.05. The third-order valence-corrected chi connectivity index (χ3v) is 5.83. The Bertz CT molecular complexity index is 884. The number of rotatable bonds is 6. The van der Waals surface area contributed by atoms with Gasteiger partial charge in [0, 0.05) is 23.5 Å². The molecule has 0 spiro atoms. The number of primary amides is 1. The van der Waals surface area contributed by atoms with E-state index in [0.29, 0.717) is 27.6 Å². The lowest BCUT2D eigenvalue weighted by Gasteiger charge is -2.25. The summed E-state index contributed by atoms with van der Waals surface area (Å²) in [5.74, 6) is 0.159. The number of amides is 2. The number of methoxy groups -OCH3 is 2. The Balaban J connectivity index is 0.00000280. The molecule has 0 aliphatic carbocycles. The molecule has 2 aromatic rings. The molecule has 0 saturated carbocycles. The van der Waals surface area contributed by atoms with Crippen LogP contribution in [0.3, 0.4) is 0 Å². The van der Waals surface area contributed by atoms with Crippen molar-refractivity contribution in [3.8, 4) is 11.5 Å². The summed E-state index contributed by atoms with van der Waals surface area (Å²) < 4.78 is 10.4. The van der Waals surface area contributed by atoms with Gasteiger partial charge in [-0.1, -0.05) is 6.92 Å². The van der Waals surface area contributed by atoms with Crippen molar-refractivity contribution in [3.63, 3.8) is 0 Å². The molecule has 7 nitrogen and oxygen atoms in total. The van der Waals surface area contributed by atoms with Crippen LogP contribution in [0.5, 0.6) is 11.5 Å². The standard InChI is InChI=1S/C19H23N3O4S.ClH/c1-4-22-8-7-12-15(10-22)27-19(16(12)17(20)23)21-18(24)11-5-6-13(25-2)14(9-11)26-3;/h5-6,9H,4,7-8,10H2,1-3H3,(H2,20,23)(H,21,24);1H. The fraction of sp³-hybridized carbons (Fsp3) is 0.368. The molecule has 152 valence electrons. The van der Waals surface area contributed by atoms with Crippen LogP contribution in [0.25, 0.3) is 0 Å². The van der Waals surface area contributed by atoms with Crippen molar-refractivity contribution < 1.29 is 19.1 Å². The molecule has 3 rings (SSSR count). The number of anilines is 1. The van der Waals surface area contributed by atoms with Crippen molar-refractivity contribution in [2.45, 2.75) is 19.9 Å². The summed E-state index contributed by atoms with van der Waals surface area (Å²) in [5.41, 5.74) is 7.41. The minimum atomic E-state index is -0.514. The molecule has 0 fully saturated rings. The van der Waals surface area contributed by atoms with Crippen LogP contribution in [0.2, 0.25) is 0 Å². The lowest BCUT2D eigenvalue weighted by molar-refractivity contribution is 0.1000. The highest BCUT2D eigenvalue weighted by atomic mass is 35.5. The van der Waals surface area contributed by atoms with Crippen molar-refractivity contribution in [2.24, 2.45) is 5.73 Å². The quantitative estimate of drug-likeness (QED) is 0.742. The summed E-state index contributed by atoms with van der Waals surface area (Å²) >= 11 is 1.42. The van der Waals surface area contributed by atoms with Crippen LogP contribution in [-0.2, 0) is 13.0 Å². The van der Waals surface area contributed by atoms with Crippen LogP contribution in [0, 0.1) is 0 Å². The third kappa shape index (κ3) is 4.24. The topological polar surface area (TPSA) is 93.9 Å². The number of ether oxygens (including phenoxy) is 2. The third-order valence-electron chi connectivity index (χ3n) is 4.70. The highest BCUT2D eigenvalue weighted by molar-refractivity contribution is 7.17. The van der Waals surface area contributed by atoms with Gasteiger partial charge in [0.25, 0.3) is 11.8 Å². The van der Waals surface area contributed by atoms with E-state index in [1.54, 1.807) is 18.2 Å². The second kappa shape index (κ2) is 9.27. The van der Waals surface area contributed by atoms with Gasteiger partial charge in [0.05, 0.1) is 19.8 Å². The Kier molecular flexibility index (Phi) is 7.29. The molecule has 1 aliphatic rings. The summed E-state index contributed by atoms with van der Waals surface area (Å²) in [6, 6.07) is 4.92. The van der Waals surface area contributed by atoms with Gasteiger partial charge in [-0.05, 0) is 36.7 Å². The molecular formula is C19H24ClN3O4S. The van der Waals surface area contributed by atoms with Crippen LogP contribution >= 0.6 is 23.7 Å². The smallest absolute Gasteiger partial charge is 0.256 e. The fourth-order valence-electron chi connectivity index (χ4n) is 3.23. The van der Waals surface area contributed by atoms with Crippen LogP contribution in [0.4, 0.5) is 5.00 Å². The van der Waals surface area contributed by atoms with E-state index in [4.69, 9.17) is 15.2 Å². The van der Waals surface area contributed by atoms with E-state index in [9.17, 15) is 9.59 Å². The molecule has 2 amide bonds. The van der Waals surface area contributed by atoms with E-state index in [-0.39, 0.29) is 18.3 Å². The minimum Gasteiger partial charge on any atom is -0.493 e. The number of hydrogen-bond donors (Lipinski definition) is 2. The summed E-state index contributed by atoms with van der Waals surface area (Å²) in [6.07, 6.45) is 0.754. The number of carbonyl (C=O) groups is 2. The first-order chi connectivity index (χ1) is 13.0. The first kappa shape index (κ1) is 22.0. The Morgan fingerprint density at radius 2 is 1.96 bits per heavy atom. The van der Waals surface area contributed by atoms with E-state index in [0.717, 1.165) is 36.5 Å². The summed E-state index contributed by atoms with van der Waals surface area (Å²) in [4.78, 5) is 28.1. The molecule has 1 aliphatic heterocycles. The Hall–Kier alpha value is -2.29. The molecule has 0 radical (unpaired) electrons. The number of benzene rings is 1. The van der Waals surface area contributed by atoms with Crippen molar-refractivity contribution >= 4 is 40.6 Å². The number of hydrogen-bond acceptors (Lipinski definition) is 6. The molecule has 0 bridgehead atoms. The Morgan fingerprint density at radius 3 is 2.57 bits per heavy atom. The van der Waals surface area contributed by atoms with Crippen LogP contribution in [0.15, 0.2) is 18.2 Å². The van der Waals surface area contributed by atoms with Crippen molar-refractivity contribution in [1.29, 1.82) is 0 Å². The van der Waals surface area contributed by atoms with E-state index < -0.39 is 5.91 Å². The van der Waals surface area contributed by atoms with Gasteiger partial charge in [-0.25, -0.2) is 0 Å². The zero-order chi connectivity index (χ0) is 19.6. The van der Waals surface area contributed by atoms with Crippen LogP contribution in [0.1, 0.15) is 38.1 Å². The van der Waals surface area contributed by atoms with Crippen LogP contribution in [-0.4, -0.2) is 44.0 Å². The van der Waals surface area contributed by atoms with E-state index in [1.807, 2.05) is 0 Å². The molecule has 9 heteroatoms. The van der Waals surface area contributed by atoms with Gasteiger partial charge >= 0.3 is 0 Å². The second-order valence-electron chi connectivity index (χ2n) is 6.21. The number of nitrogens with two attached hydrogens (primary N) is 1. The maximum Gasteiger partial charge on any atom is 0.256 e. The highest BCUT2D eigenvalue weighted by Crippen LogP contribution is 2.37. The molecule has 1 aromatic carbocycles. The number of thiophene rings is 1. The van der Waals surface area contributed by atoms with Gasteiger partial charge in [-0.15, -0.1) is 23.7 Å². The largest absolute Gasteiger partial charge is 0.493 e. The number of nitrogens with zero attached hydrogens (tertiary/aromatic N) is 1. The first-order valence-electron chi connectivity index (χ1n) is 8.68. The highest BCUT2D eigenvalue weighted by Gasteiger charge is 2.27. The van der Waals surface area contributed by atoms with Gasteiger partial charge in [0.15, 0.2) is 11.5 Å². The lowest BCUT2D eigenvalue weighted by atomic mass is 10.0. The zero-order valence-electron chi connectivity index (χ0n) is 16.0. The predicted octanol–water partition coefficient (Wildman–Crippen LogP) is 2.92. The Labute approximate surface area is 174 Å². The van der Waals surface area contributed by atoms with E-state index >= 15 is 0 Å². The number of halogens is 1. The first-order valence-corrected chi connectivity index (χ1v) is 9.50. The van der Waals surface area contributed by atoms with Gasteiger partial charge in [0.2, 0.25) is 0 Å². The zero-order valence-corrected chi connectivity index (χ0v) is 17.7. The Morgan fingerprint density at radius 1 is 1.25 bits per heavy atom. The number of carbonyl (C=O) groups excluding carboxylic acids is 2. The van der Waals surface area contributed by atoms with Gasteiger partial charge < -0.3 is 20.5 Å². The average molecular weight is 426 g/mol. The number of nitrogens with one attached hydrogen (secondary N) is 1. The predicted molar refractivity (Wildman–Crippen MR) is 112 cm³/mol. The van der Waals surface area contributed by atoms with E-state index in [2.05, 4.69) is 17.1 Å². The van der Waals surface area contributed by atoms with Crippen molar-refractivity contribution in [2.75, 3.05) is 32.6 Å². The maximum absolute atomic E-state index is 12.7. The van der Waals surface area contributed by atoms with Gasteiger partial charge in [-0.3, -0.25) is 14.5 Å². The average Bonchev–Trinajstić information content (AvgIpc) is 3.04. The lowest BCUT2D eigenvalue weighted by Crippen LogP contribution is -2.30. The maximum atomic E-state index is 12.7. The molecule has 2 heterocycles. The monoisotopic (exact) mass is 425 g/mol. The second-order valence-corrected chi connectivity index (χ2v) is 7.32. The molecule has 28 heavy (non-hydrogen) atoms.